The molecular weight excluding hydrogens is 306 g/mol. The van der Waals surface area contributed by atoms with Crippen LogP contribution in [0.3, 0.4) is 0 Å². The average Bonchev–Trinajstić information content (AvgIpc) is 2.79. The lowest BCUT2D eigenvalue weighted by Crippen LogP contribution is -2.48. The number of imide groups is 1. The summed E-state index contributed by atoms with van der Waals surface area (Å²) in [6, 6.07) is -0.0974. The number of amides is 4. The Bertz CT molecular complexity index is 514. The van der Waals surface area contributed by atoms with Crippen molar-refractivity contribution in [2.75, 3.05) is 6.54 Å². The first-order valence-corrected chi connectivity index (χ1v) is 9.45. The highest BCUT2D eigenvalue weighted by atomic mass is 16.2. The molecule has 1 spiro atoms. The van der Waals surface area contributed by atoms with Gasteiger partial charge in [-0.2, -0.15) is 0 Å². The van der Waals surface area contributed by atoms with E-state index >= 15 is 0 Å². The fraction of sp³-hybridized carbons (Fsp3) is 0.833. The SMILES string of the molecule is C[C@H]1CCCC[C@H]1NC(=O)CCN1C(=O)NC2(CCCCC2)C1=O. The van der Waals surface area contributed by atoms with E-state index in [1.165, 1.54) is 11.3 Å². The van der Waals surface area contributed by atoms with E-state index in [0.717, 1.165) is 51.4 Å². The molecule has 3 fully saturated rings. The molecule has 0 aromatic heterocycles. The highest BCUT2D eigenvalue weighted by Crippen LogP contribution is 2.33. The van der Waals surface area contributed by atoms with Crippen molar-refractivity contribution in [3.05, 3.63) is 0 Å². The predicted octanol–water partition coefficient (Wildman–Crippen LogP) is 2.33. The molecule has 0 bridgehead atoms. The Morgan fingerprint density at radius 3 is 2.58 bits per heavy atom. The Balaban J connectivity index is 1.51. The normalized spacial score (nSPS) is 29.6. The smallest absolute Gasteiger partial charge is 0.325 e. The number of urea groups is 1. The molecule has 4 amide bonds. The van der Waals surface area contributed by atoms with Crippen molar-refractivity contribution in [2.45, 2.75) is 82.7 Å². The number of nitrogens with zero attached hydrogens (tertiary/aromatic N) is 1. The summed E-state index contributed by atoms with van der Waals surface area (Å²) in [7, 11) is 0. The molecule has 1 aliphatic heterocycles. The maximum absolute atomic E-state index is 12.7. The quantitative estimate of drug-likeness (QED) is 0.774. The first-order valence-electron chi connectivity index (χ1n) is 9.45. The molecule has 2 saturated carbocycles. The van der Waals surface area contributed by atoms with Crippen molar-refractivity contribution >= 4 is 17.8 Å². The van der Waals surface area contributed by atoms with Gasteiger partial charge in [-0.05, 0) is 31.6 Å². The zero-order valence-electron chi connectivity index (χ0n) is 14.6. The lowest BCUT2D eigenvalue weighted by molar-refractivity contribution is -0.132. The molecular formula is C18H29N3O3. The third-order valence-corrected chi connectivity index (χ3v) is 5.97. The fourth-order valence-electron chi connectivity index (χ4n) is 4.40. The van der Waals surface area contributed by atoms with Crippen molar-refractivity contribution in [1.82, 2.24) is 15.5 Å². The molecule has 2 atom stereocenters. The number of carbonyl (C=O) groups excluding carboxylic acids is 3. The summed E-state index contributed by atoms with van der Waals surface area (Å²) in [6.07, 6.45) is 9.27. The minimum Gasteiger partial charge on any atom is -0.353 e. The number of carbonyl (C=O) groups is 3. The van der Waals surface area contributed by atoms with Gasteiger partial charge >= 0.3 is 6.03 Å². The van der Waals surface area contributed by atoms with Crippen molar-refractivity contribution in [1.29, 1.82) is 0 Å². The molecule has 0 radical (unpaired) electrons. The largest absolute Gasteiger partial charge is 0.353 e. The van der Waals surface area contributed by atoms with E-state index in [-0.39, 0.29) is 36.9 Å². The van der Waals surface area contributed by atoms with Gasteiger partial charge in [0.2, 0.25) is 5.91 Å². The van der Waals surface area contributed by atoms with E-state index in [4.69, 9.17) is 0 Å². The van der Waals surface area contributed by atoms with Crippen LogP contribution >= 0.6 is 0 Å². The number of nitrogens with one attached hydrogen (secondary N) is 2. The van der Waals surface area contributed by atoms with Gasteiger partial charge in [0.25, 0.3) is 5.91 Å². The first-order chi connectivity index (χ1) is 11.5. The molecule has 1 heterocycles. The molecule has 6 heteroatoms. The monoisotopic (exact) mass is 335 g/mol. The maximum atomic E-state index is 12.7. The van der Waals surface area contributed by atoms with Gasteiger partial charge in [-0.1, -0.05) is 39.0 Å². The fourth-order valence-corrected chi connectivity index (χ4v) is 4.40. The van der Waals surface area contributed by atoms with E-state index < -0.39 is 5.54 Å². The maximum Gasteiger partial charge on any atom is 0.325 e. The van der Waals surface area contributed by atoms with Crippen LogP contribution in [0.1, 0.15) is 71.1 Å². The van der Waals surface area contributed by atoms with Crippen LogP contribution in [-0.4, -0.2) is 40.9 Å². The molecule has 2 aliphatic carbocycles. The van der Waals surface area contributed by atoms with Crippen LogP contribution in [0.4, 0.5) is 4.79 Å². The molecule has 6 nitrogen and oxygen atoms in total. The predicted molar refractivity (Wildman–Crippen MR) is 90.2 cm³/mol. The van der Waals surface area contributed by atoms with E-state index in [9.17, 15) is 14.4 Å². The summed E-state index contributed by atoms with van der Waals surface area (Å²) in [4.78, 5) is 38.3. The Labute approximate surface area is 143 Å². The highest BCUT2D eigenvalue weighted by Gasteiger charge is 2.51. The standard InChI is InChI=1S/C18H29N3O3/c1-13-7-3-4-8-14(13)19-15(22)9-12-21-16(23)18(20-17(21)24)10-5-2-6-11-18/h13-14H,2-12H2,1H3,(H,19,22)(H,20,24)/t13-,14+/m0/s1. The topological polar surface area (TPSA) is 78.5 Å². The van der Waals surface area contributed by atoms with Crippen LogP contribution in [0.25, 0.3) is 0 Å². The summed E-state index contributed by atoms with van der Waals surface area (Å²) >= 11 is 0. The zero-order valence-corrected chi connectivity index (χ0v) is 14.6. The lowest BCUT2D eigenvalue weighted by Gasteiger charge is -2.30. The minimum atomic E-state index is -0.691. The van der Waals surface area contributed by atoms with E-state index in [0.29, 0.717) is 5.92 Å². The Hall–Kier alpha value is -1.59. The average molecular weight is 335 g/mol. The van der Waals surface area contributed by atoms with Crippen molar-refractivity contribution in [3.8, 4) is 0 Å². The molecule has 3 rings (SSSR count). The van der Waals surface area contributed by atoms with Crippen molar-refractivity contribution in [3.63, 3.8) is 0 Å². The molecule has 24 heavy (non-hydrogen) atoms. The molecule has 0 aromatic rings. The van der Waals surface area contributed by atoms with Gasteiger partial charge in [-0.3, -0.25) is 14.5 Å². The van der Waals surface area contributed by atoms with Crippen LogP contribution in [0.15, 0.2) is 0 Å². The van der Waals surface area contributed by atoms with Gasteiger partial charge in [0, 0.05) is 19.0 Å². The molecule has 0 aromatic carbocycles. The molecule has 0 unspecified atom stereocenters. The van der Waals surface area contributed by atoms with Gasteiger partial charge in [0.1, 0.15) is 5.54 Å². The second-order valence-corrected chi connectivity index (χ2v) is 7.72. The van der Waals surface area contributed by atoms with Crippen LogP contribution in [0, 0.1) is 5.92 Å². The number of hydrogen-bond acceptors (Lipinski definition) is 3. The van der Waals surface area contributed by atoms with E-state index in [1.54, 1.807) is 0 Å². The minimum absolute atomic E-state index is 0.0565. The van der Waals surface area contributed by atoms with Crippen LogP contribution in [0.2, 0.25) is 0 Å². The van der Waals surface area contributed by atoms with Crippen LogP contribution in [-0.2, 0) is 9.59 Å². The molecule has 134 valence electrons. The third kappa shape index (κ3) is 3.42. The van der Waals surface area contributed by atoms with Crippen molar-refractivity contribution < 1.29 is 14.4 Å². The van der Waals surface area contributed by atoms with Gasteiger partial charge in [0.15, 0.2) is 0 Å². The van der Waals surface area contributed by atoms with Crippen LogP contribution in [0.5, 0.6) is 0 Å². The van der Waals surface area contributed by atoms with Gasteiger partial charge in [-0.25, -0.2) is 4.79 Å². The zero-order chi connectivity index (χ0) is 17.2. The number of rotatable bonds is 4. The second kappa shape index (κ2) is 7.11. The van der Waals surface area contributed by atoms with Gasteiger partial charge in [-0.15, -0.1) is 0 Å². The molecule has 3 aliphatic rings. The number of hydrogen-bond donors (Lipinski definition) is 2. The van der Waals surface area contributed by atoms with Crippen LogP contribution < -0.4 is 10.6 Å². The summed E-state index contributed by atoms with van der Waals surface area (Å²) in [5, 5.41) is 5.97. The summed E-state index contributed by atoms with van der Waals surface area (Å²) in [6.45, 7) is 2.35. The van der Waals surface area contributed by atoms with E-state index in [1.807, 2.05) is 0 Å². The summed E-state index contributed by atoms with van der Waals surface area (Å²) < 4.78 is 0. The Morgan fingerprint density at radius 1 is 1.17 bits per heavy atom. The Kier molecular flexibility index (Phi) is 5.11. The lowest BCUT2D eigenvalue weighted by atomic mass is 9.82. The molecule has 1 saturated heterocycles. The Morgan fingerprint density at radius 2 is 1.88 bits per heavy atom. The molecule has 2 N–H and O–H groups in total. The van der Waals surface area contributed by atoms with E-state index in [2.05, 4.69) is 17.6 Å². The summed E-state index contributed by atoms with van der Waals surface area (Å²) in [5.74, 6) is 0.315. The summed E-state index contributed by atoms with van der Waals surface area (Å²) in [5.41, 5.74) is -0.691. The third-order valence-electron chi connectivity index (χ3n) is 5.97. The van der Waals surface area contributed by atoms with Crippen molar-refractivity contribution in [2.24, 2.45) is 5.92 Å². The second-order valence-electron chi connectivity index (χ2n) is 7.72. The highest BCUT2D eigenvalue weighted by molar-refractivity contribution is 6.07. The first kappa shape index (κ1) is 17.2. The van der Waals surface area contributed by atoms with Gasteiger partial charge in [0.05, 0.1) is 0 Å². The van der Waals surface area contributed by atoms with Gasteiger partial charge < -0.3 is 10.6 Å².